The smallest absolute Gasteiger partial charge is 0.146 e. The minimum atomic E-state index is 0.390. The van der Waals surface area contributed by atoms with Crippen LogP contribution < -0.4 is 10.5 Å². The average Bonchev–Trinajstić information content (AvgIpc) is 2.90. The number of ether oxygens (including phenoxy) is 1. The average molecular weight is 240 g/mol. The van der Waals surface area contributed by atoms with Crippen molar-refractivity contribution >= 4 is 16.6 Å². The number of pyridine rings is 1. The lowest BCUT2D eigenvalue weighted by atomic mass is 10.2. The summed E-state index contributed by atoms with van der Waals surface area (Å²) in [6, 6.07) is 11.2. The molecule has 1 aromatic carbocycles. The van der Waals surface area contributed by atoms with Crippen molar-refractivity contribution in [3.8, 4) is 5.75 Å². The van der Waals surface area contributed by atoms with E-state index in [1.807, 2.05) is 36.4 Å². The van der Waals surface area contributed by atoms with Crippen molar-refractivity contribution in [1.29, 1.82) is 0 Å². The predicted octanol–water partition coefficient (Wildman–Crippen LogP) is 2.99. The molecule has 4 heteroatoms. The molecule has 0 aliphatic carbocycles. The molecule has 0 saturated heterocycles. The number of hydrogen-bond donors (Lipinski definition) is 1. The molecule has 0 unspecified atom stereocenters. The second-order valence-corrected chi connectivity index (χ2v) is 3.92. The first kappa shape index (κ1) is 10.7. The molecule has 4 nitrogen and oxygen atoms in total. The van der Waals surface area contributed by atoms with Crippen LogP contribution in [-0.2, 0) is 6.61 Å². The summed E-state index contributed by atoms with van der Waals surface area (Å²) in [5.74, 6) is 1.53. The minimum Gasteiger partial charge on any atom is -0.485 e. The molecule has 2 heterocycles. The molecule has 0 atom stereocenters. The Kier molecular flexibility index (Phi) is 2.61. The van der Waals surface area contributed by atoms with Gasteiger partial charge in [0.05, 0.1) is 17.5 Å². The maximum absolute atomic E-state index is 5.88. The number of aromatic nitrogens is 1. The Labute approximate surface area is 104 Å². The number of hydrogen-bond acceptors (Lipinski definition) is 4. The first-order valence-electron chi connectivity index (χ1n) is 5.63. The summed E-state index contributed by atoms with van der Waals surface area (Å²) >= 11 is 0. The van der Waals surface area contributed by atoms with E-state index in [9.17, 15) is 0 Å². The molecule has 2 aromatic heterocycles. The number of benzene rings is 1. The molecule has 0 amide bonds. The highest BCUT2D eigenvalue weighted by Gasteiger charge is 2.06. The van der Waals surface area contributed by atoms with Gasteiger partial charge in [-0.25, -0.2) is 0 Å². The number of furan rings is 1. The summed E-state index contributed by atoms with van der Waals surface area (Å²) in [6.07, 6.45) is 3.32. The molecule has 18 heavy (non-hydrogen) atoms. The Morgan fingerprint density at radius 3 is 2.94 bits per heavy atom. The van der Waals surface area contributed by atoms with E-state index in [4.69, 9.17) is 14.9 Å². The molecule has 0 bridgehead atoms. The summed E-state index contributed by atoms with van der Waals surface area (Å²) in [4.78, 5) is 4.26. The molecule has 0 radical (unpaired) electrons. The summed E-state index contributed by atoms with van der Waals surface area (Å²) in [7, 11) is 0. The van der Waals surface area contributed by atoms with Gasteiger partial charge < -0.3 is 14.9 Å². The van der Waals surface area contributed by atoms with Crippen molar-refractivity contribution in [2.75, 3.05) is 5.73 Å². The highest BCUT2D eigenvalue weighted by molar-refractivity contribution is 5.93. The van der Waals surface area contributed by atoms with Crippen LogP contribution in [-0.4, -0.2) is 4.98 Å². The molecule has 3 rings (SSSR count). The highest BCUT2D eigenvalue weighted by atomic mass is 16.5. The summed E-state index contributed by atoms with van der Waals surface area (Å²) < 4.78 is 11.0. The van der Waals surface area contributed by atoms with Gasteiger partial charge in [0.2, 0.25) is 0 Å². The van der Waals surface area contributed by atoms with Gasteiger partial charge in [-0.15, -0.1) is 0 Å². The maximum atomic E-state index is 5.88. The van der Waals surface area contributed by atoms with Gasteiger partial charge in [0.15, 0.2) is 0 Å². The molecule has 0 spiro atoms. The van der Waals surface area contributed by atoms with Crippen molar-refractivity contribution in [3.63, 3.8) is 0 Å². The topological polar surface area (TPSA) is 61.3 Å². The lowest BCUT2D eigenvalue weighted by Gasteiger charge is -2.08. The van der Waals surface area contributed by atoms with E-state index in [1.165, 1.54) is 0 Å². The first-order valence-corrected chi connectivity index (χ1v) is 5.63. The maximum Gasteiger partial charge on any atom is 0.146 e. The fraction of sp³-hybridized carbons (Fsp3) is 0.0714. The minimum absolute atomic E-state index is 0.390. The molecule has 3 aromatic rings. The molecule has 0 fully saturated rings. The van der Waals surface area contributed by atoms with Gasteiger partial charge in [-0.2, -0.15) is 0 Å². The third-order valence-electron chi connectivity index (χ3n) is 2.71. The van der Waals surface area contributed by atoms with Crippen molar-refractivity contribution in [2.24, 2.45) is 0 Å². The Morgan fingerprint density at radius 2 is 2.11 bits per heavy atom. The quantitative estimate of drug-likeness (QED) is 0.715. The van der Waals surface area contributed by atoms with Gasteiger partial charge in [-0.1, -0.05) is 6.07 Å². The number of rotatable bonds is 3. The zero-order chi connectivity index (χ0) is 12.4. The van der Waals surface area contributed by atoms with E-state index < -0.39 is 0 Å². The van der Waals surface area contributed by atoms with Crippen LogP contribution in [0.1, 0.15) is 5.76 Å². The normalized spacial score (nSPS) is 10.7. The van der Waals surface area contributed by atoms with E-state index in [2.05, 4.69) is 4.98 Å². The second kappa shape index (κ2) is 4.41. The lowest BCUT2D eigenvalue weighted by Crippen LogP contribution is -1.96. The fourth-order valence-electron chi connectivity index (χ4n) is 1.84. The van der Waals surface area contributed by atoms with Crippen molar-refractivity contribution in [3.05, 3.63) is 54.6 Å². The lowest BCUT2D eigenvalue weighted by molar-refractivity contribution is 0.273. The first-order chi connectivity index (χ1) is 8.84. The van der Waals surface area contributed by atoms with E-state index in [0.29, 0.717) is 12.3 Å². The van der Waals surface area contributed by atoms with Crippen LogP contribution in [0.15, 0.2) is 53.3 Å². The van der Waals surface area contributed by atoms with Crippen LogP contribution in [0.4, 0.5) is 5.69 Å². The SMILES string of the molecule is Nc1cccc2c(OCc3ccco3)ccnc12. The zero-order valence-electron chi connectivity index (χ0n) is 9.67. The molecule has 0 aliphatic rings. The predicted molar refractivity (Wildman–Crippen MR) is 69.2 cm³/mol. The molecule has 90 valence electrons. The Balaban J connectivity index is 1.94. The van der Waals surface area contributed by atoms with Gasteiger partial charge in [0.25, 0.3) is 0 Å². The molecule has 2 N–H and O–H groups in total. The summed E-state index contributed by atoms with van der Waals surface area (Å²) in [5, 5.41) is 0.907. The summed E-state index contributed by atoms with van der Waals surface area (Å²) in [5.41, 5.74) is 7.29. The van der Waals surface area contributed by atoms with E-state index in [-0.39, 0.29) is 0 Å². The van der Waals surface area contributed by atoms with Gasteiger partial charge in [-0.05, 0) is 30.3 Å². The second-order valence-electron chi connectivity index (χ2n) is 3.92. The summed E-state index contributed by atoms with van der Waals surface area (Å²) in [6.45, 7) is 0.390. The Bertz CT molecular complexity index is 663. The van der Waals surface area contributed by atoms with Gasteiger partial charge in [0.1, 0.15) is 18.1 Å². The zero-order valence-corrected chi connectivity index (χ0v) is 9.67. The number of anilines is 1. The molecule has 0 aliphatic heterocycles. The van der Waals surface area contributed by atoms with Gasteiger partial charge in [0, 0.05) is 11.6 Å². The molecule has 0 saturated carbocycles. The molecular weight excluding hydrogens is 228 g/mol. The number of nitrogens with zero attached hydrogens (tertiary/aromatic N) is 1. The van der Waals surface area contributed by atoms with Gasteiger partial charge in [-0.3, -0.25) is 4.98 Å². The van der Waals surface area contributed by atoms with Crippen LogP contribution in [0.25, 0.3) is 10.9 Å². The van der Waals surface area contributed by atoms with E-state index in [0.717, 1.165) is 22.4 Å². The monoisotopic (exact) mass is 240 g/mol. The highest BCUT2D eigenvalue weighted by Crippen LogP contribution is 2.27. The van der Waals surface area contributed by atoms with E-state index in [1.54, 1.807) is 12.5 Å². The van der Waals surface area contributed by atoms with E-state index >= 15 is 0 Å². The van der Waals surface area contributed by atoms with Crippen molar-refractivity contribution in [2.45, 2.75) is 6.61 Å². The number of para-hydroxylation sites is 1. The Hall–Kier alpha value is -2.49. The van der Waals surface area contributed by atoms with Crippen LogP contribution in [0.5, 0.6) is 5.75 Å². The molecular formula is C14H12N2O2. The number of nitrogen functional groups attached to an aromatic ring is 1. The third-order valence-corrected chi connectivity index (χ3v) is 2.71. The number of nitrogens with two attached hydrogens (primary N) is 1. The van der Waals surface area contributed by atoms with Crippen molar-refractivity contribution in [1.82, 2.24) is 4.98 Å². The van der Waals surface area contributed by atoms with Crippen LogP contribution in [0.3, 0.4) is 0 Å². The standard InChI is InChI=1S/C14H12N2O2/c15-12-5-1-4-11-13(6-7-16-14(11)12)18-9-10-3-2-8-17-10/h1-8H,9,15H2. The van der Waals surface area contributed by atoms with Crippen molar-refractivity contribution < 1.29 is 9.15 Å². The van der Waals surface area contributed by atoms with Crippen LogP contribution in [0.2, 0.25) is 0 Å². The van der Waals surface area contributed by atoms with Crippen LogP contribution in [0, 0.1) is 0 Å². The van der Waals surface area contributed by atoms with Crippen LogP contribution >= 0.6 is 0 Å². The van der Waals surface area contributed by atoms with Gasteiger partial charge >= 0.3 is 0 Å². The Morgan fingerprint density at radius 1 is 1.17 bits per heavy atom. The number of fused-ring (bicyclic) bond motifs is 1. The fourth-order valence-corrected chi connectivity index (χ4v) is 1.84. The third kappa shape index (κ3) is 1.88. The largest absolute Gasteiger partial charge is 0.485 e.